The molecule has 0 aliphatic carbocycles. The maximum absolute atomic E-state index is 11.5. The minimum atomic E-state index is -0.408. The van der Waals surface area contributed by atoms with Crippen molar-refractivity contribution in [3.05, 3.63) is 37.4 Å². The van der Waals surface area contributed by atoms with Crippen LogP contribution >= 0.6 is 0 Å². The molecule has 0 aromatic heterocycles. The predicted octanol–water partition coefficient (Wildman–Crippen LogP) is 3.22. The van der Waals surface area contributed by atoms with Crippen molar-refractivity contribution in [2.45, 2.75) is 19.8 Å². The molecule has 1 aromatic rings. The van der Waals surface area contributed by atoms with Crippen LogP contribution in [0.3, 0.4) is 0 Å². The zero-order valence-electron chi connectivity index (χ0n) is 8.98. The molecule has 1 radical (unpaired) electrons. The number of rotatable bonds is 4. The molecule has 0 aliphatic rings. The van der Waals surface area contributed by atoms with Crippen LogP contribution in [0, 0.1) is 7.11 Å². The van der Waals surface area contributed by atoms with Crippen molar-refractivity contribution in [2.24, 2.45) is 0 Å². The summed E-state index contributed by atoms with van der Waals surface area (Å²) in [7, 11) is 3.15. The number of anilines is 1. The number of hydrogen-bond acceptors (Lipinski definition) is 2. The summed E-state index contributed by atoms with van der Waals surface area (Å²) in [4.78, 5) is 13.1. The average Bonchev–Trinajstić information content (AvgIpc) is 2.30. The van der Waals surface area contributed by atoms with Crippen LogP contribution in [0.4, 0.5) is 10.5 Å². The van der Waals surface area contributed by atoms with Crippen molar-refractivity contribution < 1.29 is 9.53 Å². The third-order valence-corrected chi connectivity index (χ3v) is 2.15. The highest BCUT2D eigenvalue weighted by Gasteiger charge is 2.14. The van der Waals surface area contributed by atoms with Crippen LogP contribution in [0.15, 0.2) is 30.3 Å². The number of hydrogen-bond donors (Lipinski definition) is 0. The Hall–Kier alpha value is -1.51. The number of amides is 1. The Morgan fingerprint density at radius 2 is 2.07 bits per heavy atom. The average molecular weight is 206 g/mol. The molecule has 1 aromatic carbocycles. The van der Waals surface area contributed by atoms with Gasteiger partial charge in [0, 0.05) is 12.2 Å². The van der Waals surface area contributed by atoms with Crippen LogP contribution in [0.2, 0.25) is 0 Å². The summed E-state index contributed by atoms with van der Waals surface area (Å²) in [6, 6.07) is 9.46. The van der Waals surface area contributed by atoms with E-state index in [1.165, 1.54) is 0 Å². The minimum Gasteiger partial charge on any atom is -0.446 e. The molecule has 81 valence electrons. The number of ether oxygens (including phenoxy) is 1. The SMILES string of the molecule is [CH2]OC(=O)N(CCCC)c1ccccc1. The molecule has 0 spiro atoms. The number of unbranched alkanes of at least 4 members (excludes halogenated alkanes) is 1. The van der Waals surface area contributed by atoms with E-state index in [2.05, 4.69) is 18.8 Å². The van der Waals surface area contributed by atoms with Gasteiger partial charge in [-0.3, -0.25) is 4.90 Å². The highest BCUT2D eigenvalue weighted by Crippen LogP contribution is 2.15. The normalized spacial score (nSPS) is 9.73. The van der Waals surface area contributed by atoms with Gasteiger partial charge in [0.15, 0.2) is 0 Å². The van der Waals surface area contributed by atoms with Crippen LogP contribution in [0.1, 0.15) is 19.8 Å². The number of carbonyl (C=O) groups is 1. The fourth-order valence-electron chi connectivity index (χ4n) is 1.33. The third-order valence-electron chi connectivity index (χ3n) is 2.15. The Labute approximate surface area is 90.7 Å². The van der Waals surface area contributed by atoms with E-state index in [0.717, 1.165) is 18.5 Å². The van der Waals surface area contributed by atoms with Crippen LogP contribution < -0.4 is 4.90 Å². The van der Waals surface area contributed by atoms with Gasteiger partial charge in [-0.15, -0.1) is 0 Å². The van der Waals surface area contributed by atoms with Gasteiger partial charge in [0.05, 0.1) is 0 Å². The highest BCUT2D eigenvalue weighted by molar-refractivity contribution is 5.87. The van der Waals surface area contributed by atoms with Crippen LogP contribution in [0.25, 0.3) is 0 Å². The van der Waals surface area contributed by atoms with Gasteiger partial charge in [0.1, 0.15) is 7.11 Å². The number of nitrogens with zero attached hydrogens (tertiary/aromatic N) is 1. The number of benzene rings is 1. The summed E-state index contributed by atoms with van der Waals surface area (Å²) < 4.78 is 4.50. The second-order valence-electron chi connectivity index (χ2n) is 3.25. The van der Waals surface area contributed by atoms with E-state index in [-0.39, 0.29) is 0 Å². The molecule has 0 aliphatic heterocycles. The van der Waals surface area contributed by atoms with Crippen molar-refractivity contribution in [3.8, 4) is 0 Å². The smallest absolute Gasteiger partial charge is 0.414 e. The van der Waals surface area contributed by atoms with Crippen LogP contribution in [-0.4, -0.2) is 12.6 Å². The first kappa shape index (κ1) is 11.6. The molecule has 0 saturated carbocycles. The van der Waals surface area contributed by atoms with E-state index in [0.29, 0.717) is 6.54 Å². The monoisotopic (exact) mass is 206 g/mol. The van der Waals surface area contributed by atoms with E-state index >= 15 is 0 Å². The van der Waals surface area contributed by atoms with Gasteiger partial charge in [0.25, 0.3) is 0 Å². The lowest BCUT2D eigenvalue weighted by atomic mass is 10.2. The Balaban J connectivity index is 2.76. The molecule has 0 bridgehead atoms. The molecular formula is C12H16NO2. The van der Waals surface area contributed by atoms with Gasteiger partial charge in [-0.1, -0.05) is 31.5 Å². The number of carbonyl (C=O) groups excluding carboxylic acids is 1. The molecule has 1 amide bonds. The summed E-state index contributed by atoms with van der Waals surface area (Å²) in [5, 5.41) is 0. The zero-order valence-corrected chi connectivity index (χ0v) is 8.98. The summed E-state index contributed by atoms with van der Waals surface area (Å²) in [5.41, 5.74) is 0.847. The molecule has 0 heterocycles. The molecule has 0 saturated heterocycles. The van der Waals surface area contributed by atoms with Gasteiger partial charge in [0.2, 0.25) is 0 Å². The van der Waals surface area contributed by atoms with Gasteiger partial charge in [-0.05, 0) is 18.6 Å². The lowest BCUT2D eigenvalue weighted by Gasteiger charge is -2.20. The lowest BCUT2D eigenvalue weighted by molar-refractivity contribution is 0.191. The topological polar surface area (TPSA) is 29.5 Å². The molecule has 1 rings (SSSR count). The Morgan fingerprint density at radius 3 is 2.60 bits per heavy atom. The van der Waals surface area contributed by atoms with Crippen molar-refractivity contribution in [3.63, 3.8) is 0 Å². The summed E-state index contributed by atoms with van der Waals surface area (Å²) >= 11 is 0. The minimum absolute atomic E-state index is 0.408. The maximum Gasteiger partial charge on any atom is 0.414 e. The predicted molar refractivity (Wildman–Crippen MR) is 60.5 cm³/mol. The molecule has 0 fully saturated rings. The second kappa shape index (κ2) is 6.06. The fraction of sp³-hybridized carbons (Fsp3) is 0.333. The van der Waals surface area contributed by atoms with Crippen molar-refractivity contribution in [2.75, 3.05) is 11.4 Å². The summed E-state index contributed by atoms with van der Waals surface area (Å²) in [6.07, 6.45) is 1.58. The lowest BCUT2D eigenvalue weighted by Crippen LogP contribution is -2.31. The van der Waals surface area contributed by atoms with Gasteiger partial charge >= 0.3 is 6.09 Å². The molecule has 3 nitrogen and oxygen atoms in total. The molecular weight excluding hydrogens is 190 g/mol. The van der Waals surface area contributed by atoms with Crippen LogP contribution in [-0.2, 0) is 4.74 Å². The molecule has 15 heavy (non-hydrogen) atoms. The zero-order chi connectivity index (χ0) is 11.1. The molecule has 3 heteroatoms. The van der Waals surface area contributed by atoms with Gasteiger partial charge in [-0.25, -0.2) is 4.79 Å². The summed E-state index contributed by atoms with van der Waals surface area (Å²) in [6.45, 7) is 2.74. The van der Waals surface area contributed by atoms with Crippen molar-refractivity contribution in [1.29, 1.82) is 0 Å². The molecule has 0 N–H and O–H groups in total. The third kappa shape index (κ3) is 3.27. The summed E-state index contributed by atoms with van der Waals surface area (Å²) in [5.74, 6) is 0. The molecule has 0 unspecified atom stereocenters. The van der Waals surface area contributed by atoms with Crippen LogP contribution in [0.5, 0.6) is 0 Å². The molecule has 0 atom stereocenters. The van der Waals surface area contributed by atoms with Crippen molar-refractivity contribution >= 4 is 11.8 Å². The second-order valence-corrected chi connectivity index (χ2v) is 3.25. The van der Waals surface area contributed by atoms with E-state index in [1.807, 2.05) is 30.3 Å². The van der Waals surface area contributed by atoms with Crippen molar-refractivity contribution in [1.82, 2.24) is 0 Å². The first-order valence-electron chi connectivity index (χ1n) is 5.08. The standard InChI is InChI=1S/C12H16NO2/c1-3-4-10-13(12(14)15-2)11-8-6-5-7-9-11/h5-9H,2-4,10H2,1H3. The fourth-order valence-corrected chi connectivity index (χ4v) is 1.33. The largest absolute Gasteiger partial charge is 0.446 e. The Kier molecular flexibility index (Phi) is 4.68. The Morgan fingerprint density at radius 1 is 1.40 bits per heavy atom. The van der Waals surface area contributed by atoms with Gasteiger partial charge < -0.3 is 4.74 Å². The first-order chi connectivity index (χ1) is 7.29. The van der Waals surface area contributed by atoms with E-state index < -0.39 is 6.09 Å². The van der Waals surface area contributed by atoms with Gasteiger partial charge in [-0.2, -0.15) is 0 Å². The Bertz CT molecular complexity index is 298. The highest BCUT2D eigenvalue weighted by atomic mass is 16.5. The van der Waals surface area contributed by atoms with E-state index in [1.54, 1.807) is 4.90 Å². The number of para-hydroxylation sites is 1. The maximum atomic E-state index is 11.5. The quantitative estimate of drug-likeness (QED) is 0.757. The first-order valence-corrected chi connectivity index (χ1v) is 5.08. The van der Waals surface area contributed by atoms with E-state index in [9.17, 15) is 4.79 Å². The van der Waals surface area contributed by atoms with E-state index in [4.69, 9.17) is 0 Å².